The molecule has 12 nitrogen and oxygen atoms in total. The van der Waals surface area contributed by atoms with Crippen molar-refractivity contribution in [2.45, 2.75) is 170 Å². The predicted molar refractivity (Wildman–Crippen MR) is 244 cm³/mol. The smallest absolute Gasteiger partial charge is 0.355 e. The molecule has 2 N–H and O–H groups in total. The number of carbonyl (C=O) groups excluding carboxylic acids is 1. The van der Waals surface area contributed by atoms with E-state index in [4.69, 9.17) is 18.5 Å². The van der Waals surface area contributed by atoms with E-state index in [-0.39, 0.29) is 92.9 Å². The third-order valence-corrected chi connectivity index (χ3v) is 24.6. The zero-order valence-corrected chi connectivity index (χ0v) is 42.3. The Bertz CT molecular complexity index is 1920. The number of aliphatic carboxylic acids is 1. The molecule has 8 aliphatic rings. The first kappa shape index (κ1) is 48.4. The number of fused-ring (bicyclic) bond motifs is 7. The number of rotatable bonds is 15. The van der Waals surface area contributed by atoms with Gasteiger partial charge in [-0.05, 0) is 147 Å². The number of carboxylic acids is 1. The van der Waals surface area contributed by atoms with Crippen molar-refractivity contribution in [1.82, 2.24) is 10.2 Å². The van der Waals surface area contributed by atoms with E-state index >= 15 is 0 Å². The van der Waals surface area contributed by atoms with Gasteiger partial charge in [-0.25, -0.2) is 8.42 Å². The molecular formula is C49H83N2O10PS. The van der Waals surface area contributed by atoms with Crippen molar-refractivity contribution < 1.29 is 46.2 Å². The lowest BCUT2D eigenvalue weighted by molar-refractivity contribution is -0.248. The number of hydrogen-bond donors (Lipinski definition) is 2. The number of carboxylic acid groups (broad SMARTS) is 1. The molecule has 1 aliphatic heterocycles. The van der Waals surface area contributed by atoms with E-state index in [0.29, 0.717) is 54.6 Å². The molecule has 0 bridgehead atoms. The standard InChI is InChI=1S/C49H83N2O10PS/c1-31(60-30-62(55,58-10)59-11)35(51-24-26-63(56,57)27-25-51)29-50-49-19-14-32(45(6)20-21-45)40(49)33-12-13-37-46(7)17-16-38(61-42(54)41-34(28-39(52)53)43(41,2)3)44(4,5)36(46)15-18-48(37,9)47(33,8)22-23-49/h31-38,40-41,50H,12-30H2,1-11H3,(H,52,53)/t31?,32-,33-,34-,35?,36+,37-,38+,40-,41-,46+,47-,48-,49+/m1/s1. The Morgan fingerprint density at radius 1 is 0.794 bits per heavy atom. The monoisotopic (exact) mass is 923 g/mol. The molecule has 2 unspecified atom stereocenters. The van der Waals surface area contributed by atoms with Gasteiger partial charge in [0.1, 0.15) is 12.5 Å². The summed E-state index contributed by atoms with van der Waals surface area (Å²) < 4.78 is 61.5. The fourth-order valence-corrected chi connectivity index (χ4v) is 18.9. The molecule has 14 atom stereocenters. The van der Waals surface area contributed by atoms with Gasteiger partial charge in [0.2, 0.25) is 0 Å². The van der Waals surface area contributed by atoms with Crippen LogP contribution >= 0.6 is 7.60 Å². The summed E-state index contributed by atoms with van der Waals surface area (Å²) in [5.41, 5.74) is 0.317. The Morgan fingerprint density at radius 2 is 1.46 bits per heavy atom. The summed E-state index contributed by atoms with van der Waals surface area (Å²) in [7, 11) is -3.72. The lowest BCUT2D eigenvalue weighted by Gasteiger charge is -2.73. The van der Waals surface area contributed by atoms with Gasteiger partial charge in [0.05, 0.1) is 23.5 Å². The van der Waals surface area contributed by atoms with Crippen molar-refractivity contribution >= 4 is 29.4 Å². The van der Waals surface area contributed by atoms with Crippen LogP contribution in [0.3, 0.4) is 0 Å². The minimum absolute atomic E-state index is 0.0106. The maximum atomic E-state index is 13.7. The van der Waals surface area contributed by atoms with Crippen LogP contribution in [0.5, 0.6) is 0 Å². The molecule has 14 heteroatoms. The first-order chi connectivity index (χ1) is 29.3. The Kier molecular flexibility index (Phi) is 12.5. The van der Waals surface area contributed by atoms with E-state index in [2.05, 4.69) is 51.8 Å². The summed E-state index contributed by atoms with van der Waals surface area (Å²) in [6, 6.07) is -0.107. The Hall–Kier alpha value is -1.08. The summed E-state index contributed by atoms with van der Waals surface area (Å²) in [5.74, 6) is 1.52. The normalized spacial score (nSPS) is 44.2. The van der Waals surface area contributed by atoms with Gasteiger partial charge in [0.25, 0.3) is 0 Å². The quantitative estimate of drug-likeness (QED) is 0.119. The van der Waals surface area contributed by atoms with Crippen LogP contribution in [0.4, 0.5) is 0 Å². The molecule has 0 aromatic rings. The minimum atomic E-state index is -3.40. The van der Waals surface area contributed by atoms with Gasteiger partial charge in [-0.1, -0.05) is 55.4 Å². The van der Waals surface area contributed by atoms with Gasteiger partial charge in [-0.2, -0.15) is 0 Å². The molecule has 0 radical (unpaired) electrons. The molecular weight excluding hydrogens is 840 g/mol. The molecule has 0 spiro atoms. The first-order valence-corrected chi connectivity index (χ1v) is 28.3. The van der Waals surface area contributed by atoms with Crippen molar-refractivity contribution in [2.24, 2.45) is 73.9 Å². The fourth-order valence-electron chi connectivity index (χ4n) is 16.9. The number of carbonyl (C=O) groups is 2. The summed E-state index contributed by atoms with van der Waals surface area (Å²) in [4.78, 5) is 27.6. The van der Waals surface area contributed by atoms with Crippen LogP contribution in [0.15, 0.2) is 0 Å². The average molecular weight is 923 g/mol. The van der Waals surface area contributed by atoms with E-state index in [9.17, 15) is 27.7 Å². The van der Waals surface area contributed by atoms with E-state index < -0.39 is 23.4 Å². The molecule has 1 saturated heterocycles. The molecule has 7 aliphatic carbocycles. The van der Waals surface area contributed by atoms with E-state index in [0.717, 1.165) is 32.1 Å². The highest BCUT2D eigenvalue weighted by molar-refractivity contribution is 7.91. The molecule has 0 aromatic carbocycles. The van der Waals surface area contributed by atoms with Crippen molar-refractivity contribution in [2.75, 3.05) is 51.7 Å². The molecule has 1 heterocycles. The van der Waals surface area contributed by atoms with Gasteiger partial charge in [-0.15, -0.1) is 0 Å². The fraction of sp³-hybridized carbons (Fsp3) is 0.959. The summed E-state index contributed by atoms with van der Waals surface area (Å²) in [6.07, 6.45) is 13.3. The van der Waals surface area contributed by atoms with Gasteiger partial charge in [0.15, 0.2) is 9.84 Å². The number of nitrogens with zero attached hydrogens (tertiary/aromatic N) is 1. The highest BCUT2D eigenvalue weighted by Crippen LogP contribution is 2.78. The Labute approximate surface area is 379 Å². The molecule has 360 valence electrons. The second-order valence-electron chi connectivity index (χ2n) is 24.6. The van der Waals surface area contributed by atoms with Crippen molar-refractivity contribution in [3.63, 3.8) is 0 Å². The van der Waals surface area contributed by atoms with Crippen molar-refractivity contribution in [3.05, 3.63) is 0 Å². The van der Waals surface area contributed by atoms with Crippen LogP contribution in [-0.4, -0.2) is 106 Å². The predicted octanol–water partition coefficient (Wildman–Crippen LogP) is 8.82. The van der Waals surface area contributed by atoms with E-state index in [1.165, 1.54) is 59.2 Å². The number of esters is 1. The molecule has 0 amide bonds. The zero-order valence-electron chi connectivity index (χ0n) is 40.6. The second-order valence-corrected chi connectivity index (χ2v) is 29.1. The summed E-state index contributed by atoms with van der Waals surface area (Å²) in [5, 5.41) is 13.8. The summed E-state index contributed by atoms with van der Waals surface area (Å²) in [6.45, 7) is 22.9. The topological polar surface area (TPSA) is 158 Å². The third kappa shape index (κ3) is 7.97. The highest BCUT2D eigenvalue weighted by atomic mass is 32.2. The molecule has 63 heavy (non-hydrogen) atoms. The third-order valence-electron chi connectivity index (χ3n) is 21.4. The van der Waals surface area contributed by atoms with Crippen LogP contribution in [0, 0.1) is 73.9 Å². The molecule has 8 rings (SSSR count). The maximum absolute atomic E-state index is 13.7. The molecule has 7 saturated carbocycles. The van der Waals surface area contributed by atoms with Crippen LogP contribution in [-0.2, 0) is 42.5 Å². The maximum Gasteiger partial charge on any atom is 0.355 e. The van der Waals surface area contributed by atoms with Crippen LogP contribution < -0.4 is 5.32 Å². The number of nitrogens with one attached hydrogen (secondary N) is 1. The average Bonchev–Trinajstić information content (AvgIpc) is 4.02. The first-order valence-electron chi connectivity index (χ1n) is 24.7. The number of ether oxygens (including phenoxy) is 2. The van der Waals surface area contributed by atoms with Crippen LogP contribution in [0.1, 0.15) is 146 Å². The SMILES string of the molecule is COP(=O)(COC(C)C(CN[C@]12CC[C@@H](C3(C)CC3)[C@@H]1[C@H]1CC[C@@H]3[C@@]4(C)CC[C@H](OC(=O)[C@H]5[C@@H](CC(=O)O)C5(C)C)C(C)(C)[C@@H]4CC[C@@]3(C)[C@]1(C)CC2)N1CCS(=O)(=O)CC1)OC. The van der Waals surface area contributed by atoms with E-state index in [1.807, 2.05) is 20.8 Å². The lowest BCUT2D eigenvalue weighted by Crippen LogP contribution is -2.69. The largest absolute Gasteiger partial charge is 0.481 e. The molecule has 8 fully saturated rings. The van der Waals surface area contributed by atoms with Gasteiger partial charge >= 0.3 is 19.5 Å². The lowest BCUT2D eigenvalue weighted by atomic mass is 9.32. The van der Waals surface area contributed by atoms with Gasteiger partial charge < -0.3 is 28.9 Å². The highest BCUT2D eigenvalue weighted by Gasteiger charge is 2.73. The number of hydrogen-bond acceptors (Lipinski definition) is 11. The Morgan fingerprint density at radius 3 is 2.08 bits per heavy atom. The van der Waals surface area contributed by atoms with E-state index in [1.54, 1.807) is 0 Å². The van der Waals surface area contributed by atoms with Crippen molar-refractivity contribution in [1.29, 1.82) is 0 Å². The van der Waals surface area contributed by atoms with Crippen LogP contribution in [0.2, 0.25) is 0 Å². The summed E-state index contributed by atoms with van der Waals surface area (Å²) >= 11 is 0. The minimum Gasteiger partial charge on any atom is -0.481 e. The van der Waals surface area contributed by atoms with Gasteiger partial charge in [0, 0.05) is 57.3 Å². The number of sulfone groups is 1. The Balaban J connectivity index is 1.03. The van der Waals surface area contributed by atoms with Crippen molar-refractivity contribution in [3.8, 4) is 0 Å². The second kappa shape index (κ2) is 16.3. The van der Waals surface area contributed by atoms with Crippen LogP contribution in [0.25, 0.3) is 0 Å². The van der Waals surface area contributed by atoms with Gasteiger partial charge in [-0.3, -0.25) is 19.1 Å². The zero-order chi connectivity index (χ0) is 46.0. The molecule has 0 aromatic heterocycles.